The van der Waals surface area contributed by atoms with E-state index in [-0.39, 0.29) is 13.5 Å². The minimum absolute atomic E-state index is 0. The van der Waals surface area contributed by atoms with Crippen LogP contribution in [-0.4, -0.2) is 23.5 Å². The molecule has 1 rings (SSSR count). The Balaban J connectivity index is 0.00000121. The fraction of sp³-hybridized carbons (Fsp3) is 1.00. The zero-order chi connectivity index (χ0) is 8.65. The van der Waals surface area contributed by atoms with Gasteiger partial charge in [0.15, 0.2) is 0 Å². The summed E-state index contributed by atoms with van der Waals surface area (Å²) in [6.45, 7) is 12.9. The van der Waals surface area contributed by atoms with Gasteiger partial charge in [0.2, 0.25) is 0 Å². The van der Waals surface area contributed by atoms with Crippen LogP contribution in [-0.2, 0) is 0 Å². The van der Waals surface area contributed by atoms with Crippen LogP contribution in [0.3, 0.4) is 0 Å². The summed E-state index contributed by atoms with van der Waals surface area (Å²) in [4.78, 5) is 2.60. The number of hydrogen-bond donors (Lipinski definition) is 0. The van der Waals surface area contributed by atoms with Crippen molar-refractivity contribution in [3.63, 3.8) is 0 Å². The van der Waals surface area contributed by atoms with Crippen LogP contribution >= 0.6 is 13.5 Å². The molecular formula is C10H23NS. The summed E-state index contributed by atoms with van der Waals surface area (Å²) in [5.74, 6) is 0. The quantitative estimate of drug-likeness (QED) is 0.613. The molecular weight excluding hydrogens is 166 g/mol. The van der Waals surface area contributed by atoms with Crippen molar-refractivity contribution in [2.24, 2.45) is 5.41 Å². The molecule has 0 aromatic rings. The Kier molecular flexibility index (Phi) is 4.12. The molecule has 0 bridgehead atoms. The lowest BCUT2D eigenvalue weighted by Gasteiger charge is -2.50. The second-order valence-electron chi connectivity index (χ2n) is 5.00. The molecule has 0 aromatic heterocycles. The Morgan fingerprint density at radius 3 is 1.83 bits per heavy atom. The fourth-order valence-corrected chi connectivity index (χ4v) is 1.96. The van der Waals surface area contributed by atoms with Crippen LogP contribution in [0, 0.1) is 5.41 Å². The molecule has 0 aromatic carbocycles. The maximum atomic E-state index is 2.60. The summed E-state index contributed by atoms with van der Waals surface area (Å²) in [7, 11) is 0. The standard InChI is InChI=1S/C10H21N.H2S/c1-8(2)11-7-6-9(11)10(3,4)5;/h8-9H,6-7H2,1-5H3;1H2. The van der Waals surface area contributed by atoms with Crippen LogP contribution in [0.2, 0.25) is 0 Å². The first-order chi connectivity index (χ1) is 4.93. The minimum atomic E-state index is 0. The molecule has 0 amide bonds. The van der Waals surface area contributed by atoms with E-state index >= 15 is 0 Å². The van der Waals surface area contributed by atoms with Gasteiger partial charge in [-0.25, -0.2) is 0 Å². The molecule has 1 heterocycles. The third kappa shape index (κ3) is 2.40. The highest BCUT2D eigenvalue weighted by atomic mass is 32.1. The van der Waals surface area contributed by atoms with Crippen molar-refractivity contribution in [1.29, 1.82) is 0 Å². The van der Waals surface area contributed by atoms with E-state index in [0.717, 1.165) is 12.1 Å². The van der Waals surface area contributed by atoms with Crippen LogP contribution in [0.15, 0.2) is 0 Å². The average molecular weight is 189 g/mol. The molecule has 0 saturated carbocycles. The van der Waals surface area contributed by atoms with Crippen LogP contribution < -0.4 is 0 Å². The third-order valence-corrected chi connectivity index (χ3v) is 2.72. The monoisotopic (exact) mass is 189 g/mol. The van der Waals surface area contributed by atoms with Gasteiger partial charge in [0.25, 0.3) is 0 Å². The van der Waals surface area contributed by atoms with Crippen molar-refractivity contribution in [2.45, 2.75) is 53.1 Å². The Labute approximate surface area is 84.0 Å². The summed E-state index contributed by atoms with van der Waals surface area (Å²) in [5, 5.41) is 0. The van der Waals surface area contributed by atoms with Crippen LogP contribution in [0.5, 0.6) is 0 Å². The third-order valence-electron chi connectivity index (χ3n) is 2.72. The van der Waals surface area contributed by atoms with Crippen molar-refractivity contribution < 1.29 is 0 Å². The van der Waals surface area contributed by atoms with Gasteiger partial charge in [0, 0.05) is 18.6 Å². The predicted molar refractivity (Wildman–Crippen MR) is 60.1 cm³/mol. The Morgan fingerprint density at radius 1 is 1.25 bits per heavy atom. The molecule has 0 spiro atoms. The summed E-state index contributed by atoms with van der Waals surface area (Å²) in [5.41, 5.74) is 0.475. The Morgan fingerprint density at radius 2 is 1.75 bits per heavy atom. The molecule has 0 radical (unpaired) electrons. The second kappa shape index (κ2) is 4.01. The van der Waals surface area contributed by atoms with Crippen molar-refractivity contribution in [2.75, 3.05) is 6.54 Å². The first-order valence-corrected chi connectivity index (χ1v) is 4.68. The van der Waals surface area contributed by atoms with Gasteiger partial charge in [-0.05, 0) is 25.7 Å². The smallest absolute Gasteiger partial charge is 0.0159 e. The predicted octanol–water partition coefficient (Wildman–Crippen LogP) is 2.63. The lowest BCUT2D eigenvalue weighted by atomic mass is 9.78. The maximum Gasteiger partial charge on any atom is 0.0159 e. The highest BCUT2D eigenvalue weighted by Gasteiger charge is 2.37. The van der Waals surface area contributed by atoms with Gasteiger partial charge in [0.1, 0.15) is 0 Å². The Hall–Kier alpha value is 0.310. The van der Waals surface area contributed by atoms with E-state index in [1.807, 2.05) is 0 Å². The average Bonchev–Trinajstić information content (AvgIpc) is 1.51. The maximum absolute atomic E-state index is 2.60. The second-order valence-corrected chi connectivity index (χ2v) is 5.00. The number of nitrogens with zero attached hydrogens (tertiary/aromatic N) is 1. The first kappa shape index (κ1) is 12.3. The molecule has 1 nitrogen and oxygen atoms in total. The zero-order valence-electron chi connectivity index (χ0n) is 9.02. The summed E-state index contributed by atoms with van der Waals surface area (Å²) < 4.78 is 0. The van der Waals surface area contributed by atoms with Gasteiger partial charge in [0.05, 0.1) is 0 Å². The van der Waals surface area contributed by atoms with Crippen molar-refractivity contribution in [3.05, 3.63) is 0 Å². The SMILES string of the molecule is CC(C)N1CCC1C(C)(C)C.S. The largest absolute Gasteiger partial charge is 0.297 e. The van der Waals surface area contributed by atoms with E-state index in [9.17, 15) is 0 Å². The van der Waals surface area contributed by atoms with Gasteiger partial charge >= 0.3 is 0 Å². The zero-order valence-corrected chi connectivity index (χ0v) is 10.0. The van der Waals surface area contributed by atoms with Gasteiger partial charge < -0.3 is 0 Å². The lowest BCUT2D eigenvalue weighted by molar-refractivity contribution is -0.0127. The lowest BCUT2D eigenvalue weighted by Crippen LogP contribution is -2.57. The molecule has 1 aliphatic rings. The molecule has 12 heavy (non-hydrogen) atoms. The number of rotatable bonds is 1. The molecule has 0 aliphatic carbocycles. The van der Waals surface area contributed by atoms with E-state index in [2.05, 4.69) is 39.5 Å². The minimum Gasteiger partial charge on any atom is -0.297 e. The summed E-state index contributed by atoms with van der Waals surface area (Å²) in [6, 6.07) is 1.55. The van der Waals surface area contributed by atoms with Crippen molar-refractivity contribution in [3.8, 4) is 0 Å². The van der Waals surface area contributed by atoms with E-state index in [1.165, 1.54) is 13.0 Å². The van der Waals surface area contributed by atoms with Gasteiger partial charge in [-0.1, -0.05) is 20.8 Å². The highest BCUT2D eigenvalue weighted by Crippen LogP contribution is 2.34. The van der Waals surface area contributed by atoms with E-state index in [1.54, 1.807) is 0 Å². The Bertz CT molecular complexity index is 137. The van der Waals surface area contributed by atoms with Gasteiger partial charge in [-0.3, -0.25) is 4.90 Å². The topological polar surface area (TPSA) is 3.24 Å². The van der Waals surface area contributed by atoms with Crippen LogP contribution in [0.25, 0.3) is 0 Å². The number of hydrogen-bond acceptors (Lipinski definition) is 1. The highest BCUT2D eigenvalue weighted by molar-refractivity contribution is 7.59. The molecule has 1 saturated heterocycles. The normalized spacial score (nSPS) is 25.0. The van der Waals surface area contributed by atoms with Gasteiger partial charge in [-0.15, -0.1) is 0 Å². The summed E-state index contributed by atoms with van der Waals surface area (Å²) >= 11 is 0. The van der Waals surface area contributed by atoms with Crippen molar-refractivity contribution >= 4 is 13.5 Å². The molecule has 1 aliphatic heterocycles. The molecule has 1 fully saturated rings. The van der Waals surface area contributed by atoms with E-state index in [0.29, 0.717) is 5.41 Å². The van der Waals surface area contributed by atoms with E-state index < -0.39 is 0 Å². The fourth-order valence-electron chi connectivity index (χ4n) is 1.96. The van der Waals surface area contributed by atoms with Gasteiger partial charge in [-0.2, -0.15) is 13.5 Å². The first-order valence-electron chi connectivity index (χ1n) is 4.68. The molecule has 1 unspecified atom stereocenters. The van der Waals surface area contributed by atoms with E-state index in [4.69, 9.17) is 0 Å². The molecule has 74 valence electrons. The number of likely N-dealkylation sites (tertiary alicyclic amines) is 1. The summed E-state index contributed by atoms with van der Waals surface area (Å²) in [6.07, 6.45) is 1.39. The molecule has 2 heteroatoms. The molecule has 0 N–H and O–H groups in total. The van der Waals surface area contributed by atoms with Crippen LogP contribution in [0.1, 0.15) is 41.0 Å². The van der Waals surface area contributed by atoms with Crippen LogP contribution in [0.4, 0.5) is 0 Å². The molecule has 1 atom stereocenters. The van der Waals surface area contributed by atoms with Crippen molar-refractivity contribution in [1.82, 2.24) is 4.90 Å².